The number of ether oxygens (including phenoxy) is 1. The molecule has 2 amide bonds. The molecule has 2 saturated heterocycles. The van der Waals surface area contributed by atoms with Crippen LogP contribution < -0.4 is 0 Å². The van der Waals surface area contributed by atoms with Crippen molar-refractivity contribution in [2.45, 2.75) is 18.9 Å². The fraction of sp³-hybridized carbons (Fsp3) is 0.500. The first-order valence-electron chi connectivity index (χ1n) is 7.71. The van der Waals surface area contributed by atoms with E-state index in [9.17, 15) is 9.59 Å². The monoisotopic (exact) mass is 356 g/mol. The maximum atomic E-state index is 12.6. The highest BCUT2D eigenvalue weighted by Crippen LogP contribution is 2.26. The molecule has 3 rings (SSSR count). The lowest BCUT2D eigenvalue weighted by Gasteiger charge is -2.36. The molecule has 124 valence electrons. The number of carbonyl (C=O) groups is 2. The number of piperazine rings is 1. The Morgan fingerprint density at radius 3 is 2.22 bits per heavy atom. The lowest BCUT2D eigenvalue weighted by Crippen LogP contribution is -2.52. The van der Waals surface area contributed by atoms with Crippen molar-refractivity contribution in [2.75, 3.05) is 32.8 Å². The molecule has 2 aliphatic rings. The Hall–Kier alpha value is -1.30. The highest BCUT2D eigenvalue weighted by molar-refractivity contribution is 6.39. The second-order valence-corrected chi connectivity index (χ2v) is 6.53. The molecule has 2 heterocycles. The van der Waals surface area contributed by atoms with Gasteiger partial charge in [0.05, 0.1) is 15.6 Å². The molecule has 1 unspecified atom stereocenters. The van der Waals surface area contributed by atoms with E-state index in [-0.39, 0.29) is 17.9 Å². The van der Waals surface area contributed by atoms with Crippen molar-refractivity contribution >= 4 is 35.0 Å². The van der Waals surface area contributed by atoms with Crippen LogP contribution in [0.15, 0.2) is 18.2 Å². The number of hydrogen-bond acceptors (Lipinski definition) is 3. The second-order valence-electron chi connectivity index (χ2n) is 5.72. The third-order valence-electron chi connectivity index (χ3n) is 4.26. The highest BCUT2D eigenvalue weighted by Gasteiger charge is 2.32. The molecule has 0 aromatic heterocycles. The van der Waals surface area contributed by atoms with Gasteiger partial charge in [-0.25, -0.2) is 0 Å². The van der Waals surface area contributed by atoms with Crippen molar-refractivity contribution in [1.29, 1.82) is 0 Å². The molecule has 0 radical (unpaired) electrons. The molecule has 0 saturated carbocycles. The van der Waals surface area contributed by atoms with Gasteiger partial charge < -0.3 is 14.5 Å². The van der Waals surface area contributed by atoms with Crippen LogP contribution in [0.2, 0.25) is 10.0 Å². The summed E-state index contributed by atoms with van der Waals surface area (Å²) in [6, 6.07) is 5.01. The van der Waals surface area contributed by atoms with Gasteiger partial charge in [-0.1, -0.05) is 29.3 Å². The van der Waals surface area contributed by atoms with E-state index in [0.717, 1.165) is 12.8 Å². The smallest absolute Gasteiger partial charge is 0.257 e. The Morgan fingerprint density at radius 1 is 1.04 bits per heavy atom. The number of carbonyl (C=O) groups excluding carboxylic acids is 2. The molecule has 2 fully saturated rings. The Balaban J connectivity index is 1.62. The van der Waals surface area contributed by atoms with Crippen molar-refractivity contribution in [2.24, 2.45) is 0 Å². The number of rotatable bonds is 2. The molecule has 5 nitrogen and oxygen atoms in total. The highest BCUT2D eigenvalue weighted by atomic mass is 35.5. The third kappa shape index (κ3) is 3.47. The topological polar surface area (TPSA) is 49.9 Å². The van der Waals surface area contributed by atoms with Crippen LogP contribution in [0.25, 0.3) is 0 Å². The number of amides is 2. The first kappa shape index (κ1) is 16.6. The predicted molar refractivity (Wildman–Crippen MR) is 87.9 cm³/mol. The molecule has 0 bridgehead atoms. The minimum atomic E-state index is -0.310. The van der Waals surface area contributed by atoms with Crippen molar-refractivity contribution in [3.05, 3.63) is 33.8 Å². The summed E-state index contributed by atoms with van der Waals surface area (Å²) in [4.78, 5) is 28.4. The van der Waals surface area contributed by atoms with Gasteiger partial charge in [0.2, 0.25) is 0 Å². The van der Waals surface area contributed by atoms with E-state index in [1.807, 2.05) is 0 Å². The fourth-order valence-corrected chi connectivity index (χ4v) is 3.53. The zero-order valence-electron chi connectivity index (χ0n) is 12.6. The maximum Gasteiger partial charge on any atom is 0.257 e. The zero-order chi connectivity index (χ0) is 16.4. The van der Waals surface area contributed by atoms with Crippen LogP contribution in [0.5, 0.6) is 0 Å². The normalized spacial score (nSPS) is 21.6. The van der Waals surface area contributed by atoms with Gasteiger partial charge in [0.25, 0.3) is 11.8 Å². The number of nitrogens with zero attached hydrogens (tertiary/aromatic N) is 2. The molecule has 23 heavy (non-hydrogen) atoms. The van der Waals surface area contributed by atoms with Crippen LogP contribution in [-0.2, 0) is 9.53 Å². The van der Waals surface area contributed by atoms with E-state index in [1.54, 1.807) is 28.0 Å². The van der Waals surface area contributed by atoms with Crippen LogP contribution in [0, 0.1) is 0 Å². The van der Waals surface area contributed by atoms with Gasteiger partial charge in [-0.15, -0.1) is 0 Å². The van der Waals surface area contributed by atoms with Crippen molar-refractivity contribution in [3.63, 3.8) is 0 Å². The Kier molecular flexibility index (Phi) is 5.09. The first-order chi connectivity index (χ1) is 11.1. The van der Waals surface area contributed by atoms with Gasteiger partial charge in [0, 0.05) is 32.8 Å². The summed E-state index contributed by atoms with van der Waals surface area (Å²) in [6.07, 6.45) is 1.41. The average molecular weight is 357 g/mol. The first-order valence-corrected chi connectivity index (χ1v) is 8.47. The van der Waals surface area contributed by atoms with E-state index in [1.165, 1.54) is 0 Å². The van der Waals surface area contributed by atoms with Crippen molar-refractivity contribution < 1.29 is 14.3 Å². The molecule has 0 spiro atoms. The van der Waals surface area contributed by atoms with Crippen molar-refractivity contribution in [1.82, 2.24) is 9.80 Å². The summed E-state index contributed by atoms with van der Waals surface area (Å²) >= 11 is 12.2. The fourth-order valence-electron chi connectivity index (χ4n) is 2.97. The molecular formula is C16H18Cl2N2O3. The van der Waals surface area contributed by atoms with Gasteiger partial charge in [0.1, 0.15) is 6.10 Å². The van der Waals surface area contributed by atoms with Crippen molar-refractivity contribution in [3.8, 4) is 0 Å². The van der Waals surface area contributed by atoms with Crippen LogP contribution in [0.4, 0.5) is 0 Å². The molecule has 7 heteroatoms. The maximum absolute atomic E-state index is 12.6. The van der Waals surface area contributed by atoms with Gasteiger partial charge in [-0.2, -0.15) is 0 Å². The standard InChI is InChI=1S/C16H18Cl2N2O3/c17-11-3-1-4-12(18)14(11)16(22)20-8-6-19(7-9-20)15(21)13-5-2-10-23-13/h1,3-4,13H,2,5-10H2. The van der Waals surface area contributed by atoms with Crippen LogP contribution in [0.3, 0.4) is 0 Å². The summed E-state index contributed by atoms with van der Waals surface area (Å²) in [6.45, 7) is 2.61. The third-order valence-corrected chi connectivity index (χ3v) is 4.89. The summed E-state index contributed by atoms with van der Waals surface area (Å²) in [7, 11) is 0. The molecule has 1 aromatic rings. The average Bonchev–Trinajstić information content (AvgIpc) is 3.08. The second kappa shape index (κ2) is 7.07. The molecular weight excluding hydrogens is 339 g/mol. The van der Waals surface area contributed by atoms with Crippen LogP contribution in [-0.4, -0.2) is 60.5 Å². The quantitative estimate of drug-likeness (QED) is 0.817. The minimum Gasteiger partial charge on any atom is -0.368 e. The molecule has 1 aromatic carbocycles. The van der Waals surface area contributed by atoms with E-state index in [4.69, 9.17) is 27.9 Å². The Bertz CT molecular complexity index is 589. The largest absolute Gasteiger partial charge is 0.368 e. The van der Waals surface area contributed by atoms with E-state index in [0.29, 0.717) is 48.4 Å². The van der Waals surface area contributed by atoms with Gasteiger partial charge >= 0.3 is 0 Å². The molecule has 1 atom stereocenters. The van der Waals surface area contributed by atoms with Gasteiger partial charge in [-0.05, 0) is 25.0 Å². The number of benzene rings is 1. The predicted octanol–water partition coefficient (Wildman–Crippen LogP) is 2.46. The summed E-state index contributed by atoms with van der Waals surface area (Å²) in [5.74, 6) is -0.157. The van der Waals surface area contributed by atoms with E-state index in [2.05, 4.69) is 0 Å². The molecule has 0 N–H and O–H groups in total. The number of hydrogen-bond donors (Lipinski definition) is 0. The lowest BCUT2D eigenvalue weighted by molar-refractivity contribution is -0.142. The molecule has 0 aliphatic carbocycles. The summed E-state index contributed by atoms with van der Waals surface area (Å²) < 4.78 is 5.44. The van der Waals surface area contributed by atoms with Gasteiger partial charge in [0.15, 0.2) is 0 Å². The van der Waals surface area contributed by atoms with Crippen LogP contribution in [0.1, 0.15) is 23.2 Å². The zero-order valence-corrected chi connectivity index (χ0v) is 14.1. The summed E-state index contributed by atoms with van der Waals surface area (Å²) in [5.41, 5.74) is 0.328. The summed E-state index contributed by atoms with van der Waals surface area (Å²) in [5, 5.41) is 0.695. The Morgan fingerprint density at radius 2 is 1.65 bits per heavy atom. The molecule has 2 aliphatic heterocycles. The van der Waals surface area contributed by atoms with Crippen LogP contribution >= 0.6 is 23.2 Å². The van der Waals surface area contributed by atoms with E-state index < -0.39 is 0 Å². The minimum absolute atomic E-state index is 0.0328. The lowest BCUT2D eigenvalue weighted by atomic mass is 10.1. The van der Waals surface area contributed by atoms with E-state index >= 15 is 0 Å². The van der Waals surface area contributed by atoms with Gasteiger partial charge in [-0.3, -0.25) is 9.59 Å². The SMILES string of the molecule is O=C(c1c(Cl)cccc1Cl)N1CCN(C(=O)C2CCCO2)CC1. The Labute approximate surface area is 145 Å². The number of halogens is 2.